The van der Waals surface area contributed by atoms with Gasteiger partial charge in [0.1, 0.15) is 0 Å². The average Bonchev–Trinajstić information content (AvgIpc) is 3.01. The van der Waals surface area contributed by atoms with Crippen LogP contribution in [0.25, 0.3) is 10.9 Å². The molecule has 1 aromatic heterocycles. The van der Waals surface area contributed by atoms with E-state index >= 15 is 0 Å². The van der Waals surface area contributed by atoms with Crippen molar-refractivity contribution in [1.29, 1.82) is 0 Å². The Hall–Kier alpha value is -2.37. The molecule has 5 nitrogen and oxygen atoms in total. The first-order valence-electron chi connectivity index (χ1n) is 8.35. The number of piperazine rings is 1. The quantitative estimate of drug-likeness (QED) is 0.709. The first-order valence-corrected chi connectivity index (χ1v) is 8.73. The van der Waals surface area contributed by atoms with Gasteiger partial charge in [0, 0.05) is 42.2 Å². The second-order valence-electron chi connectivity index (χ2n) is 6.36. The van der Waals surface area contributed by atoms with Gasteiger partial charge in [-0.3, -0.25) is 4.79 Å². The summed E-state index contributed by atoms with van der Waals surface area (Å²) in [5, 5.41) is 6.24. The largest absolute Gasteiger partial charge is 0.352 e. The zero-order chi connectivity index (χ0) is 17.4. The fraction of sp³-hybridized carbons (Fsp3) is 0.263. The van der Waals surface area contributed by atoms with Gasteiger partial charge in [0.15, 0.2) is 5.82 Å². The maximum absolute atomic E-state index is 12.9. The summed E-state index contributed by atoms with van der Waals surface area (Å²) in [5.74, 6) is 0.697. The van der Waals surface area contributed by atoms with E-state index < -0.39 is 0 Å². The van der Waals surface area contributed by atoms with E-state index in [2.05, 4.69) is 21.9 Å². The summed E-state index contributed by atoms with van der Waals surface area (Å²) in [7, 11) is 2.11. The van der Waals surface area contributed by atoms with Gasteiger partial charge in [-0.15, -0.1) is 5.10 Å². The number of hydrogen-bond donors (Lipinski definition) is 0. The molecule has 1 aliphatic rings. The summed E-state index contributed by atoms with van der Waals surface area (Å²) in [5.41, 5.74) is 1.40. The van der Waals surface area contributed by atoms with Crippen LogP contribution in [0.4, 0.5) is 5.82 Å². The van der Waals surface area contributed by atoms with Gasteiger partial charge in [-0.05, 0) is 37.4 Å². The van der Waals surface area contributed by atoms with Crippen LogP contribution in [0, 0.1) is 0 Å². The third kappa shape index (κ3) is 3.01. The van der Waals surface area contributed by atoms with E-state index in [1.165, 1.54) is 4.68 Å². The first kappa shape index (κ1) is 16.1. The molecule has 3 aromatic rings. The Morgan fingerprint density at radius 2 is 1.76 bits per heavy atom. The monoisotopic (exact) mass is 354 g/mol. The Morgan fingerprint density at radius 3 is 2.48 bits per heavy atom. The molecule has 0 amide bonds. The van der Waals surface area contributed by atoms with Gasteiger partial charge in [0.25, 0.3) is 5.91 Å². The van der Waals surface area contributed by atoms with Crippen LogP contribution in [-0.4, -0.2) is 53.8 Å². The predicted octanol–water partition coefficient (Wildman–Crippen LogP) is 3.13. The fourth-order valence-electron chi connectivity index (χ4n) is 3.18. The van der Waals surface area contributed by atoms with Gasteiger partial charge < -0.3 is 9.80 Å². The highest BCUT2D eigenvalue weighted by molar-refractivity contribution is 6.31. The fourth-order valence-corrected chi connectivity index (χ4v) is 3.36. The van der Waals surface area contributed by atoms with Crippen molar-refractivity contribution in [2.24, 2.45) is 0 Å². The van der Waals surface area contributed by atoms with Gasteiger partial charge >= 0.3 is 0 Å². The highest BCUT2D eigenvalue weighted by atomic mass is 35.5. The molecule has 1 fully saturated rings. The lowest BCUT2D eigenvalue weighted by molar-refractivity contribution is 0.0950. The molecule has 6 heteroatoms. The Morgan fingerprint density at radius 1 is 1.04 bits per heavy atom. The van der Waals surface area contributed by atoms with Crippen LogP contribution in [-0.2, 0) is 0 Å². The minimum absolute atomic E-state index is 0.131. The zero-order valence-electron chi connectivity index (χ0n) is 14.0. The van der Waals surface area contributed by atoms with E-state index in [1.807, 2.05) is 30.3 Å². The summed E-state index contributed by atoms with van der Waals surface area (Å²) in [4.78, 5) is 17.5. The predicted molar refractivity (Wildman–Crippen MR) is 101 cm³/mol. The number of likely N-dealkylation sites (N-methyl/N-ethyl adjacent to an activating group) is 1. The number of halogens is 1. The first-order chi connectivity index (χ1) is 12.1. The van der Waals surface area contributed by atoms with Gasteiger partial charge in [-0.25, -0.2) is 0 Å². The van der Waals surface area contributed by atoms with Crippen molar-refractivity contribution in [1.82, 2.24) is 14.7 Å². The van der Waals surface area contributed by atoms with Crippen LogP contribution < -0.4 is 4.90 Å². The van der Waals surface area contributed by atoms with Gasteiger partial charge in [0.05, 0.1) is 5.52 Å². The standard InChI is InChI=1S/C19H19ClN4O/c1-22-9-11-23(12-10-22)18-16-13-15(20)7-8-17(16)24(21-18)19(25)14-5-3-2-4-6-14/h2-8,13H,9-12H2,1H3. The minimum atomic E-state index is -0.131. The van der Waals surface area contributed by atoms with Crippen molar-refractivity contribution in [3.8, 4) is 0 Å². The summed E-state index contributed by atoms with van der Waals surface area (Å²) in [6.45, 7) is 3.71. The van der Waals surface area contributed by atoms with E-state index in [4.69, 9.17) is 11.6 Å². The number of carbonyl (C=O) groups excluding carboxylic acids is 1. The number of benzene rings is 2. The van der Waals surface area contributed by atoms with Crippen molar-refractivity contribution >= 4 is 34.2 Å². The number of fused-ring (bicyclic) bond motifs is 1. The number of hydrogen-bond acceptors (Lipinski definition) is 4. The molecule has 25 heavy (non-hydrogen) atoms. The number of nitrogens with zero attached hydrogens (tertiary/aromatic N) is 4. The Labute approximate surface area is 151 Å². The van der Waals surface area contributed by atoms with Gasteiger partial charge in [-0.1, -0.05) is 29.8 Å². The molecule has 1 saturated heterocycles. The third-order valence-electron chi connectivity index (χ3n) is 4.64. The highest BCUT2D eigenvalue weighted by Crippen LogP contribution is 2.30. The summed E-state index contributed by atoms with van der Waals surface area (Å²) >= 11 is 6.21. The molecule has 0 atom stereocenters. The number of carbonyl (C=O) groups is 1. The van der Waals surface area contributed by atoms with Crippen LogP contribution in [0.15, 0.2) is 48.5 Å². The Bertz CT molecular complexity index is 914. The maximum Gasteiger partial charge on any atom is 0.278 e. The second kappa shape index (κ2) is 6.50. The molecule has 128 valence electrons. The lowest BCUT2D eigenvalue weighted by Gasteiger charge is -2.32. The minimum Gasteiger partial charge on any atom is -0.352 e. The van der Waals surface area contributed by atoms with Crippen LogP contribution in [0.2, 0.25) is 5.02 Å². The van der Waals surface area contributed by atoms with Gasteiger partial charge in [-0.2, -0.15) is 4.68 Å². The Balaban J connectivity index is 1.81. The van der Waals surface area contributed by atoms with E-state index in [-0.39, 0.29) is 5.91 Å². The van der Waals surface area contributed by atoms with E-state index in [0.717, 1.165) is 42.9 Å². The topological polar surface area (TPSA) is 41.4 Å². The zero-order valence-corrected chi connectivity index (χ0v) is 14.8. The van der Waals surface area contributed by atoms with Crippen molar-refractivity contribution in [2.45, 2.75) is 0 Å². The molecule has 0 aliphatic carbocycles. The molecule has 0 N–H and O–H groups in total. The molecule has 4 rings (SSSR count). The second-order valence-corrected chi connectivity index (χ2v) is 6.79. The molecule has 0 saturated carbocycles. The van der Waals surface area contributed by atoms with Gasteiger partial charge in [0.2, 0.25) is 0 Å². The lowest BCUT2D eigenvalue weighted by atomic mass is 10.2. The highest BCUT2D eigenvalue weighted by Gasteiger charge is 2.23. The lowest BCUT2D eigenvalue weighted by Crippen LogP contribution is -2.44. The van der Waals surface area contributed by atoms with Crippen molar-refractivity contribution in [3.63, 3.8) is 0 Å². The molecule has 0 unspecified atom stereocenters. The summed E-state index contributed by atoms with van der Waals surface area (Å²) in [6.07, 6.45) is 0. The Kier molecular flexibility index (Phi) is 4.19. The molecular formula is C19H19ClN4O. The van der Waals surface area contributed by atoms with Crippen LogP contribution in [0.5, 0.6) is 0 Å². The number of anilines is 1. The van der Waals surface area contributed by atoms with Crippen molar-refractivity contribution in [3.05, 3.63) is 59.1 Å². The molecule has 0 bridgehead atoms. The number of aromatic nitrogens is 2. The maximum atomic E-state index is 12.9. The summed E-state index contributed by atoms with van der Waals surface area (Å²) < 4.78 is 1.49. The normalized spacial score (nSPS) is 15.7. The average molecular weight is 355 g/mol. The van der Waals surface area contributed by atoms with E-state index in [0.29, 0.717) is 10.6 Å². The van der Waals surface area contributed by atoms with Crippen molar-refractivity contribution in [2.75, 3.05) is 38.1 Å². The van der Waals surface area contributed by atoms with Crippen LogP contribution >= 0.6 is 11.6 Å². The third-order valence-corrected chi connectivity index (χ3v) is 4.87. The van der Waals surface area contributed by atoms with Crippen LogP contribution in [0.3, 0.4) is 0 Å². The van der Waals surface area contributed by atoms with Crippen LogP contribution in [0.1, 0.15) is 10.4 Å². The molecule has 0 spiro atoms. The van der Waals surface area contributed by atoms with E-state index in [9.17, 15) is 4.79 Å². The van der Waals surface area contributed by atoms with Crippen molar-refractivity contribution < 1.29 is 4.79 Å². The molecule has 2 heterocycles. The summed E-state index contributed by atoms with van der Waals surface area (Å²) in [6, 6.07) is 14.8. The SMILES string of the molecule is CN1CCN(c2nn(C(=O)c3ccccc3)c3ccc(Cl)cc23)CC1. The smallest absolute Gasteiger partial charge is 0.278 e. The molecule has 1 aliphatic heterocycles. The molecule has 2 aromatic carbocycles. The number of rotatable bonds is 2. The molecular weight excluding hydrogens is 336 g/mol. The molecule has 0 radical (unpaired) electrons. The van der Waals surface area contributed by atoms with E-state index in [1.54, 1.807) is 18.2 Å².